The van der Waals surface area contributed by atoms with Crippen LogP contribution in [-0.2, 0) is 9.59 Å². The van der Waals surface area contributed by atoms with Gasteiger partial charge in [-0.2, -0.15) is 5.10 Å². The Morgan fingerprint density at radius 1 is 1.25 bits per heavy atom. The molecule has 0 fully saturated rings. The standard InChI is InChI=1S/C13H15N5O2/c14-7-12(19)15-8-13(20)17-10-3-1-2-9(6-10)11-4-5-16-18-11/h1-6H,7-8,14H2,(H,15,19)(H,16,18)(H,17,20). The number of hydrogen-bond acceptors (Lipinski definition) is 4. The SMILES string of the molecule is NCC(=O)NCC(=O)Nc1cccc(-c2ccn[nH]2)c1. The van der Waals surface area contributed by atoms with Gasteiger partial charge in [-0.25, -0.2) is 0 Å². The number of rotatable bonds is 5. The van der Waals surface area contributed by atoms with Crippen LogP contribution in [0.3, 0.4) is 0 Å². The Kier molecular flexibility index (Phi) is 4.46. The largest absolute Gasteiger partial charge is 0.346 e. The number of H-pyrrole nitrogens is 1. The zero-order valence-electron chi connectivity index (χ0n) is 10.7. The Balaban J connectivity index is 1.98. The van der Waals surface area contributed by atoms with Crippen molar-refractivity contribution >= 4 is 17.5 Å². The van der Waals surface area contributed by atoms with Gasteiger partial charge >= 0.3 is 0 Å². The number of benzene rings is 1. The third kappa shape index (κ3) is 3.66. The predicted octanol–water partition coefficient (Wildman–Crippen LogP) is 0.0901. The van der Waals surface area contributed by atoms with Gasteiger partial charge in [-0.05, 0) is 18.2 Å². The van der Waals surface area contributed by atoms with Crippen LogP contribution in [0.5, 0.6) is 0 Å². The van der Waals surface area contributed by atoms with Gasteiger partial charge in [-0.1, -0.05) is 12.1 Å². The molecule has 0 bridgehead atoms. The fourth-order valence-electron chi connectivity index (χ4n) is 1.64. The second kappa shape index (κ2) is 6.48. The lowest BCUT2D eigenvalue weighted by molar-refractivity contribution is -0.123. The summed E-state index contributed by atoms with van der Waals surface area (Å²) in [6.45, 7) is -0.243. The molecule has 2 rings (SSSR count). The van der Waals surface area contributed by atoms with E-state index in [-0.39, 0.29) is 24.9 Å². The van der Waals surface area contributed by atoms with E-state index in [1.165, 1.54) is 0 Å². The third-order valence-electron chi connectivity index (χ3n) is 2.59. The van der Waals surface area contributed by atoms with E-state index in [9.17, 15) is 9.59 Å². The van der Waals surface area contributed by atoms with Crippen LogP contribution in [0.15, 0.2) is 36.5 Å². The van der Waals surface area contributed by atoms with Crippen molar-refractivity contribution in [2.24, 2.45) is 5.73 Å². The molecule has 7 nitrogen and oxygen atoms in total. The molecule has 2 amide bonds. The molecule has 0 saturated heterocycles. The lowest BCUT2D eigenvalue weighted by Gasteiger charge is -2.07. The van der Waals surface area contributed by atoms with E-state index in [1.807, 2.05) is 24.3 Å². The van der Waals surface area contributed by atoms with Crippen LogP contribution >= 0.6 is 0 Å². The summed E-state index contributed by atoms with van der Waals surface area (Å²) in [5.74, 6) is -0.681. The van der Waals surface area contributed by atoms with E-state index in [2.05, 4.69) is 20.8 Å². The average Bonchev–Trinajstić information content (AvgIpc) is 2.99. The summed E-state index contributed by atoms with van der Waals surface area (Å²) >= 11 is 0. The van der Waals surface area contributed by atoms with Crippen LogP contribution in [0.4, 0.5) is 5.69 Å². The van der Waals surface area contributed by atoms with Gasteiger partial charge in [0.2, 0.25) is 11.8 Å². The molecule has 1 heterocycles. The molecule has 0 saturated carbocycles. The number of aromatic amines is 1. The quantitative estimate of drug-likeness (QED) is 0.618. The Labute approximate surface area is 115 Å². The number of aromatic nitrogens is 2. The van der Waals surface area contributed by atoms with Crippen LogP contribution < -0.4 is 16.4 Å². The molecule has 0 spiro atoms. The van der Waals surface area contributed by atoms with E-state index < -0.39 is 0 Å². The molecule has 20 heavy (non-hydrogen) atoms. The minimum Gasteiger partial charge on any atom is -0.346 e. The van der Waals surface area contributed by atoms with E-state index >= 15 is 0 Å². The minimum atomic E-state index is -0.369. The molecule has 1 aromatic heterocycles. The Hall–Kier alpha value is -2.67. The molecule has 0 aliphatic rings. The van der Waals surface area contributed by atoms with Crippen molar-refractivity contribution in [3.63, 3.8) is 0 Å². The molecule has 0 aliphatic carbocycles. The number of carbonyl (C=O) groups excluding carboxylic acids is 2. The van der Waals surface area contributed by atoms with Crippen molar-refractivity contribution in [2.75, 3.05) is 18.4 Å². The average molecular weight is 273 g/mol. The minimum absolute atomic E-state index is 0.107. The summed E-state index contributed by atoms with van der Waals surface area (Å²) in [4.78, 5) is 22.6. The molecule has 0 atom stereocenters. The summed E-state index contributed by atoms with van der Waals surface area (Å²) in [6, 6.07) is 9.14. The van der Waals surface area contributed by atoms with Gasteiger partial charge in [-0.15, -0.1) is 0 Å². The highest BCUT2D eigenvalue weighted by molar-refractivity contribution is 5.95. The number of nitrogens with two attached hydrogens (primary N) is 1. The second-order valence-electron chi connectivity index (χ2n) is 4.08. The smallest absolute Gasteiger partial charge is 0.243 e. The molecule has 7 heteroatoms. The Morgan fingerprint density at radius 2 is 2.10 bits per heavy atom. The van der Waals surface area contributed by atoms with E-state index in [4.69, 9.17) is 5.73 Å². The lowest BCUT2D eigenvalue weighted by Crippen LogP contribution is -2.36. The van der Waals surface area contributed by atoms with Gasteiger partial charge in [0.25, 0.3) is 0 Å². The predicted molar refractivity (Wildman–Crippen MR) is 74.7 cm³/mol. The van der Waals surface area contributed by atoms with E-state index in [0.29, 0.717) is 5.69 Å². The summed E-state index contributed by atoms with van der Waals surface area (Å²) < 4.78 is 0. The van der Waals surface area contributed by atoms with Gasteiger partial charge in [0.15, 0.2) is 0 Å². The van der Waals surface area contributed by atoms with Gasteiger partial charge in [0, 0.05) is 17.4 Å². The first kappa shape index (κ1) is 13.8. The highest BCUT2D eigenvalue weighted by atomic mass is 16.2. The van der Waals surface area contributed by atoms with Crippen LogP contribution in [-0.4, -0.2) is 35.1 Å². The molecular formula is C13H15N5O2. The number of hydrogen-bond donors (Lipinski definition) is 4. The number of anilines is 1. The number of amides is 2. The van der Waals surface area contributed by atoms with Gasteiger partial charge < -0.3 is 16.4 Å². The second-order valence-corrected chi connectivity index (χ2v) is 4.08. The summed E-state index contributed by atoms with van der Waals surface area (Å²) in [7, 11) is 0. The van der Waals surface area contributed by atoms with Crippen molar-refractivity contribution in [1.82, 2.24) is 15.5 Å². The zero-order valence-corrected chi connectivity index (χ0v) is 10.7. The third-order valence-corrected chi connectivity index (χ3v) is 2.59. The molecule has 1 aromatic carbocycles. The molecule has 0 unspecified atom stereocenters. The van der Waals surface area contributed by atoms with Crippen molar-refractivity contribution in [1.29, 1.82) is 0 Å². The lowest BCUT2D eigenvalue weighted by atomic mass is 10.1. The van der Waals surface area contributed by atoms with Crippen molar-refractivity contribution in [2.45, 2.75) is 0 Å². The fourth-order valence-corrected chi connectivity index (χ4v) is 1.64. The molecule has 0 radical (unpaired) electrons. The maximum Gasteiger partial charge on any atom is 0.243 e. The number of nitrogens with zero attached hydrogens (tertiary/aromatic N) is 1. The normalized spacial score (nSPS) is 10.1. The molecule has 5 N–H and O–H groups in total. The summed E-state index contributed by atoms with van der Waals surface area (Å²) in [5, 5.41) is 11.8. The fraction of sp³-hybridized carbons (Fsp3) is 0.154. The topological polar surface area (TPSA) is 113 Å². The highest BCUT2D eigenvalue weighted by Crippen LogP contribution is 2.20. The Bertz CT molecular complexity index is 595. The monoisotopic (exact) mass is 273 g/mol. The van der Waals surface area contributed by atoms with Gasteiger partial charge in [-0.3, -0.25) is 14.7 Å². The summed E-state index contributed by atoms with van der Waals surface area (Å²) in [6.07, 6.45) is 1.66. The first-order chi connectivity index (χ1) is 9.69. The number of carbonyl (C=O) groups is 2. The van der Waals surface area contributed by atoms with Crippen molar-refractivity contribution in [3.8, 4) is 11.3 Å². The van der Waals surface area contributed by atoms with Crippen LogP contribution in [0.1, 0.15) is 0 Å². The molecular weight excluding hydrogens is 258 g/mol. The summed E-state index contributed by atoms with van der Waals surface area (Å²) in [5.41, 5.74) is 7.54. The Morgan fingerprint density at radius 3 is 2.80 bits per heavy atom. The first-order valence-electron chi connectivity index (χ1n) is 6.05. The van der Waals surface area contributed by atoms with Gasteiger partial charge in [0.1, 0.15) is 0 Å². The van der Waals surface area contributed by atoms with Crippen LogP contribution in [0, 0.1) is 0 Å². The first-order valence-corrected chi connectivity index (χ1v) is 6.05. The maximum atomic E-state index is 11.6. The highest BCUT2D eigenvalue weighted by Gasteiger charge is 2.06. The number of nitrogens with one attached hydrogen (secondary N) is 3. The van der Waals surface area contributed by atoms with Crippen LogP contribution in [0.25, 0.3) is 11.3 Å². The molecule has 2 aromatic rings. The van der Waals surface area contributed by atoms with Crippen LogP contribution in [0.2, 0.25) is 0 Å². The molecule has 0 aliphatic heterocycles. The van der Waals surface area contributed by atoms with Crippen molar-refractivity contribution in [3.05, 3.63) is 36.5 Å². The van der Waals surface area contributed by atoms with E-state index in [0.717, 1.165) is 11.3 Å². The molecule has 104 valence electrons. The van der Waals surface area contributed by atoms with Crippen molar-refractivity contribution < 1.29 is 9.59 Å². The zero-order chi connectivity index (χ0) is 14.4. The van der Waals surface area contributed by atoms with E-state index in [1.54, 1.807) is 12.3 Å². The van der Waals surface area contributed by atoms with Gasteiger partial charge in [0.05, 0.1) is 18.8 Å². The maximum absolute atomic E-state index is 11.6.